The van der Waals surface area contributed by atoms with Crippen LogP contribution >= 0.6 is 0 Å². The summed E-state index contributed by atoms with van der Waals surface area (Å²) in [6.45, 7) is 2.67. The zero-order valence-corrected chi connectivity index (χ0v) is 12.4. The lowest BCUT2D eigenvalue weighted by Gasteiger charge is -2.31. The van der Waals surface area contributed by atoms with Crippen LogP contribution in [0.4, 0.5) is 13.2 Å². The van der Waals surface area contributed by atoms with Gasteiger partial charge in [-0.3, -0.25) is 9.89 Å². The van der Waals surface area contributed by atoms with E-state index in [1.807, 2.05) is 0 Å². The van der Waals surface area contributed by atoms with E-state index in [0.29, 0.717) is 30.8 Å². The monoisotopic (exact) mass is 327 g/mol. The van der Waals surface area contributed by atoms with Gasteiger partial charge in [0, 0.05) is 24.7 Å². The minimum Gasteiger partial charge on any atom is -0.338 e. The van der Waals surface area contributed by atoms with Crippen molar-refractivity contribution in [1.82, 2.24) is 25.1 Å². The number of hydrogen-bond donors (Lipinski definition) is 2. The van der Waals surface area contributed by atoms with Crippen LogP contribution in [0, 0.1) is 6.92 Å². The van der Waals surface area contributed by atoms with E-state index in [4.69, 9.17) is 0 Å². The molecule has 1 saturated heterocycles. The first-order chi connectivity index (χ1) is 10.9. The van der Waals surface area contributed by atoms with Gasteiger partial charge in [-0.15, -0.1) is 0 Å². The number of imidazole rings is 1. The van der Waals surface area contributed by atoms with Crippen LogP contribution in [-0.4, -0.2) is 44.1 Å². The zero-order valence-electron chi connectivity index (χ0n) is 12.4. The Labute approximate surface area is 130 Å². The second-order valence-electron chi connectivity index (χ2n) is 5.68. The molecule has 1 atom stereocenters. The number of aromatic amines is 2. The first kappa shape index (κ1) is 15.6. The number of likely N-dealkylation sites (tertiary alicyclic amines) is 1. The fourth-order valence-corrected chi connectivity index (χ4v) is 2.81. The van der Waals surface area contributed by atoms with Crippen LogP contribution in [0.25, 0.3) is 0 Å². The number of aromatic nitrogens is 4. The van der Waals surface area contributed by atoms with Gasteiger partial charge < -0.3 is 9.88 Å². The Kier molecular flexibility index (Phi) is 3.87. The Hall–Kier alpha value is -2.32. The van der Waals surface area contributed by atoms with Crippen molar-refractivity contribution in [3.8, 4) is 0 Å². The molecule has 0 radical (unpaired) electrons. The largest absolute Gasteiger partial charge is 0.432 e. The molecule has 1 amide bonds. The smallest absolute Gasteiger partial charge is 0.338 e. The van der Waals surface area contributed by atoms with E-state index in [1.54, 1.807) is 11.8 Å². The number of H-pyrrole nitrogens is 2. The zero-order chi connectivity index (χ0) is 16.6. The lowest BCUT2D eigenvalue weighted by molar-refractivity contribution is -0.141. The van der Waals surface area contributed by atoms with Crippen molar-refractivity contribution in [3.05, 3.63) is 35.2 Å². The molecule has 124 valence electrons. The second-order valence-corrected chi connectivity index (χ2v) is 5.68. The van der Waals surface area contributed by atoms with Crippen molar-refractivity contribution in [2.24, 2.45) is 0 Å². The van der Waals surface area contributed by atoms with Crippen molar-refractivity contribution >= 4 is 5.91 Å². The first-order valence-electron chi connectivity index (χ1n) is 7.27. The van der Waals surface area contributed by atoms with Gasteiger partial charge in [-0.2, -0.15) is 18.3 Å². The summed E-state index contributed by atoms with van der Waals surface area (Å²) in [5.74, 6) is -0.113. The van der Waals surface area contributed by atoms with E-state index in [-0.39, 0.29) is 17.6 Å². The number of nitrogens with one attached hydrogen (secondary N) is 2. The molecule has 0 saturated carbocycles. The van der Waals surface area contributed by atoms with Gasteiger partial charge in [-0.05, 0) is 19.8 Å². The maximum Gasteiger partial charge on any atom is 0.432 e. The summed E-state index contributed by atoms with van der Waals surface area (Å²) >= 11 is 0. The van der Waals surface area contributed by atoms with E-state index >= 15 is 0 Å². The van der Waals surface area contributed by atoms with Gasteiger partial charge >= 0.3 is 6.18 Å². The van der Waals surface area contributed by atoms with Crippen LogP contribution in [0.15, 0.2) is 12.4 Å². The van der Waals surface area contributed by atoms with Crippen LogP contribution in [0.5, 0.6) is 0 Å². The number of piperidine rings is 1. The number of hydrogen-bond acceptors (Lipinski definition) is 3. The summed E-state index contributed by atoms with van der Waals surface area (Å²) < 4.78 is 38.0. The molecule has 0 aliphatic carbocycles. The molecule has 3 rings (SSSR count). The quantitative estimate of drug-likeness (QED) is 0.889. The summed E-state index contributed by atoms with van der Waals surface area (Å²) in [7, 11) is 0. The molecule has 1 aliphatic rings. The molecule has 2 N–H and O–H groups in total. The third kappa shape index (κ3) is 3.08. The Morgan fingerprint density at radius 2 is 2.17 bits per heavy atom. The lowest BCUT2D eigenvalue weighted by atomic mass is 9.97. The molecule has 0 unspecified atom stereocenters. The molecule has 0 bridgehead atoms. The number of alkyl halides is 3. The van der Waals surface area contributed by atoms with Crippen molar-refractivity contribution < 1.29 is 18.0 Å². The standard InChI is InChI=1S/C14H16F3N5O/c1-8-10(5-19-21-8)13(23)22-4-2-3-9(7-22)12-18-6-11(20-12)14(15,16)17/h5-6,9H,2-4,7H2,1H3,(H,18,20)(H,19,21)/t9-/m1/s1. The number of carbonyl (C=O) groups is 1. The van der Waals surface area contributed by atoms with Gasteiger partial charge in [0.05, 0.1) is 18.0 Å². The van der Waals surface area contributed by atoms with Gasteiger partial charge in [0.1, 0.15) is 11.5 Å². The van der Waals surface area contributed by atoms with Crippen LogP contribution in [0.1, 0.15) is 46.3 Å². The normalized spacial score (nSPS) is 19.1. The number of nitrogens with zero attached hydrogens (tertiary/aromatic N) is 3. The molecule has 2 aromatic rings. The predicted molar refractivity (Wildman–Crippen MR) is 74.8 cm³/mol. The Morgan fingerprint density at radius 1 is 1.39 bits per heavy atom. The fraction of sp³-hybridized carbons (Fsp3) is 0.500. The highest BCUT2D eigenvalue weighted by Gasteiger charge is 2.35. The van der Waals surface area contributed by atoms with Crippen LogP contribution < -0.4 is 0 Å². The highest BCUT2D eigenvalue weighted by molar-refractivity contribution is 5.95. The Morgan fingerprint density at radius 3 is 2.78 bits per heavy atom. The number of rotatable bonds is 2. The molecule has 9 heteroatoms. The van der Waals surface area contributed by atoms with Crippen molar-refractivity contribution in [3.63, 3.8) is 0 Å². The molecule has 23 heavy (non-hydrogen) atoms. The lowest BCUT2D eigenvalue weighted by Crippen LogP contribution is -2.39. The third-order valence-corrected chi connectivity index (χ3v) is 4.06. The predicted octanol–water partition coefficient (Wildman–Crippen LogP) is 2.48. The molecule has 2 aromatic heterocycles. The number of carbonyl (C=O) groups excluding carboxylic acids is 1. The number of halogens is 3. The second kappa shape index (κ2) is 5.71. The third-order valence-electron chi connectivity index (χ3n) is 4.06. The van der Waals surface area contributed by atoms with Gasteiger partial charge in [0.2, 0.25) is 0 Å². The molecule has 0 aromatic carbocycles. The summed E-state index contributed by atoms with van der Waals surface area (Å²) in [6, 6.07) is 0. The van der Waals surface area contributed by atoms with Crippen LogP contribution in [0.2, 0.25) is 0 Å². The van der Waals surface area contributed by atoms with Crippen molar-refractivity contribution in [1.29, 1.82) is 0 Å². The summed E-state index contributed by atoms with van der Waals surface area (Å²) in [4.78, 5) is 20.3. The van der Waals surface area contributed by atoms with Crippen LogP contribution in [-0.2, 0) is 6.18 Å². The first-order valence-corrected chi connectivity index (χ1v) is 7.27. The molecule has 0 spiro atoms. The highest BCUT2D eigenvalue weighted by Crippen LogP contribution is 2.31. The van der Waals surface area contributed by atoms with Gasteiger partial charge in [-0.1, -0.05) is 0 Å². The molecular weight excluding hydrogens is 311 g/mol. The maximum atomic E-state index is 12.7. The minimum absolute atomic E-state index is 0.163. The SMILES string of the molecule is Cc1[nH]ncc1C(=O)N1CCC[C@@H](c2ncc(C(F)(F)F)[nH]2)C1. The highest BCUT2D eigenvalue weighted by atomic mass is 19.4. The van der Waals surface area contributed by atoms with E-state index in [1.165, 1.54) is 6.20 Å². The maximum absolute atomic E-state index is 12.7. The molecule has 1 aliphatic heterocycles. The molecule has 1 fully saturated rings. The van der Waals surface area contributed by atoms with E-state index in [0.717, 1.165) is 12.6 Å². The van der Waals surface area contributed by atoms with Gasteiger partial charge in [-0.25, -0.2) is 4.98 Å². The van der Waals surface area contributed by atoms with Gasteiger partial charge in [0.25, 0.3) is 5.91 Å². The van der Waals surface area contributed by atoms with Crippen molar-refractivity contribution in [2.45, 2.75) is 31.9 Å². The number of aryl methyl sites for hydroxylation is 1. The average molecular weight is 327 g/mol. The molecular formula is C14H16F3N5O. The summed E-state index contributed by atoms with van der Waals surface area (Å²) in [5.41, 5.74) is 0.303. The molecule has 6 nitrogen and oxygen atoms in total. The minimum atomic E-state index is -4.44. The van der Waals surface area contributed by atoms with E-state index in [2.05, 4.69) is 20.2 Å². The van der Waals surface area contributed by atoms with E-state index in [9.17, 15) is 18.0 Å². The topological polar surface area (TPSA) is 77.7 Å². The average Bonchev–Trinajstić information content (AvgIpc) is 3.15. The fourth-order valence-electron chi connectivity index (χ4n) is 2.81. The van der Waals surface area contributed by atoms with Crippen LogP contribution in [0.3, 0.4) is 0 Å². The summed E-state index contributed by atoms with van der Waals surface area (Å²) in [6.07, 6.45) is -0.760. The Bertz CT molecular complexity index is 705. The summed E-state index contributed by atoms with van der Waals surface area (Å²) in [5, 5.41) is 6.54. The van der Waals surface area contributed by atoms with Gasteiger partial charge in [0.15, 0.2) is 0 Å². The Balaban J connectivity index is 1.75. The number of amides is 1. The molecule has 3 heterocycles. The van der Waals surface area contributed by atoms with Crippen molar-refractivity contribution in [2.75, 3.05) is 13.1 Å². The van der Waals surface area contributed by atoms with E-state index < -0.39 is 11.9 Å².